The highest BCUT2D eigenvalue weighted by atomic mass is 16.5. The Balaban J connectivity index is 1.55. The van der Waals surface area contributed by atoms with Crippen LogP contribution in [0.25, 0.3) is 10.9 Å². The summed E-state index contributed by atoms with van der Waals surface area (Å²) in [5.41, 5.74) is 3.22. The summed E-state index contributed by atoms with van der Waals surface area (Å²) in [5, 5.41) is 7.94. The third kappa shape index (κ3) is 3.64. The van der Waals surface area contributed by atoms with Gasteiger partial charge in [0.15, 0.2) is 11.5 Å². The van der Waals surface area contributed by atoms with Crippen LogP contribution in [-0.2, 0) is 13.6 Å². The smallest absolute Gasteiger partial charge is 0.272 e. The van der Waals surface area contributed by atoms with Gasteiger partial charge < -0.3 is 19.4 Å². The number of ether oxygens (including phenoxy) is 2. The molecule has 0 atom stereocenters. The van der Waals surface area contributed by atoms with Crippen LogP contribution in [0.1, 0.15) is 16.1 Å². The summed E-state index contributed by atoms with van der Waals surface area (Å²) in [6, 6.07) is 13.2. The highest BCUT2D eigenvalue weighted by Gasteiger charge is 2.16. The van der Waals surface area contributed by atoms with Gasteiger partial charge in [0, 0.05) is 24.2 Å². The zero-order valence-corrected chi connectivity index (χ0v) is 16.4. The molecule has 0 bridgehead atoms. The summed E-state index contributed by atoms with van der Waals surface area (Å²) in [6.45, 7) is 0.626. The van der Waals surface area contributed by atoms with Gasteiger partial charge in [-0.1, -0.05) is 12.1 Å². The zero-order valence-electron chi connectivity index (χ0n) is 16.4. The van der Waals surface area contributed by atoms with E-state index in [4.69, 9.17) is 9.47 Å². The number of hydrogen-bond acceptors (Lipinski definition) is 5. The van der Waals surface area contributed by atoms with E-state index in [1.807, 2.05) is 54.1 Å². The molecular formula is C21H21N5O3. The molecule has 0 aliphatic heterocycles. The second kappa shape index (κ2) is 7.67. The molecule has 148 valence electrons. The molecule has 0 fully saturated rings. The average molecular weight is 391 g/mol. The summed E-state index contributed by atoms with van der Waals surface area (Å²) < 4.78 is 14.3. The van der Waals surface area contributed by atoms with Gasteiger partial charge in [0.05, 0.1) is 26.3 Å². The third-order valence-electron chi connectivity index (χ3n) is 4.80. The normalized spacial score (nSPS) is 10.9. The molecule has 4 rings (SSSR count). The number of aryl methyl sites for hydroxylation is 1. The summed E-state index contributed by atoms with van der Waals surface area (Å²) >= 11 is 0. The van der Waals surface area contributed by atoms with E-state index in [-0.39, 0.29) is 5.91 Å². The second-order valence-corrected chi connectivity index (χ2v) is 6.60. The lowest BCUT2D eigenvalue weighted by Gasteiger charge is -2.09. The molecule has 0 spiro atoms. The fourth-order valence-electron chi connectivity index (χ4n) is 3.27. The minimum absolute atomic E-state index is 0.189. The van der Waals surface area contributed by atoms with Gasteiger partial charge in [0.2, 0.25) is 0 Å². The van der Waals surface area contributed by atoms with E-state index in [9.17, 15) is 4.79 Å². The molecule has 0 aliphatic carbocycles. The van der Waals surface area contributed by atoms with Gasteiger partial charge in [-0.2, -0.15) is 5.10 Å². The van der Waals surface area contributed by atoms with Crippen LogP contribution in [0.4, 0.5) is 5.69 Å². The van der Waals surface area contributed by atoms with Crippen molar-refractivity contribution in [2.75, 3.05) is 19.5 Å². The van der Waals surface area contributed by atoms with Crippen molar-refractivity contribution in [2.24, 2.45) is 7.05 Å². The lowest BCUT2D eigenvalue weighted by Crippen LogP contribution is -2.15. The Labute approximate surface area is 167 Å². The second-order valence-electron chi connectivity index (χ2n) is 6.60. The molecule has 1 amide bonds. The SMILES string of the molecule is COc1cc2cc(C(=O)Nc3ccc(Cn4cncn4)cc3)n(C)c2cc1OC. The number of nitrogens with zero attached hydrogens (tertiary/aromatic N) is 4. The molecule has 0 saturated carbocycles. The maximum atomic E-state index is 12.8. The Morgan fingerprint density at radius 2 is 1.79 bits per heavy atom. The minimum atomic E-state index is -0.189. The summed E-state index contributed by atoms with van der Waals surface area (Å²) in [5.74, 6) is 1.06. The quantitative estimate of drug-likeness (QED) is 0.546. The number of nitrogens with one attached hydrogen (secondary N) is 1. The summed E-state index contributed by atoms with van der Waals surface area (Å²) in [6.07, 6.45) is 3.17. The molecule has 0 saturated heterocycles. The van der Waals surface area contributed by atoms with Crippen LogP contribution in [0.15, 0.2) is 55.1 Å². The van der Waals surface area contributed by atoms with Gasteiger partial charge >= 0.3 is 0 Å². The number of hydrogen-bond donors (Lipinski definition) is 1. The van der Waals surface area contributed by atoms with E-state index in [2.05, 4.69) is 15.4 Å². The fourth-order valence-corrected chi connectivity index (χ4v) is 3.27. The molecule has 29 heavy (non-hydrogen) atoms. The number of amides is 1. The highest BCUT2D eigenvalue weighted by molar-refractivity contribution is 6.06. The van der Waals surface area contributed by atoms with Crippen molar-refractivity contribution in [2.45, 2.75) is 6.54 Å². The number of carbonyl (C=O) groups is 1. The maximum Gasteiger partial charge on any atom is 0.272 e. The van der Waals surface area contributed by atoms with Crippen LogP contribution < -0.4 is 14.8 Å². The first-order valence-corrected chi connectivity index (χ1v) is 9.03. The van der Waals surface area contributed by atoms with E-state index in [1.54, 1.807) is 25.2 Å². The molecule has 8 heteroatoms. The largest absolute Gasteiger partial charge is 0.493 e. The summed E-state index contributed by atoms with van der Waals surface area (Å²) in [4.78, 5) is 16.8. The van der Waals surface area contributed by atoms with Crippen LogP contribution in [-0.4, -0.2) is 39.5 Å². The van der Waals surface area contributed by atoms with Gasteiger partial charge in [-0.3, -0.25) is 4.79 Å². The molecule has 1 N–H and O–H groups in total. The van der Waals surface area contributed by atoms with Crippen LogP contribution in [0.5, 0.6) is 11.5 Å². The first-order valence-electron chi connectivity index (χ1n) is 9.03. The predicted molar refractivity (Wildman–Crippen MR) is 110 cm³/mol. The van der Waals surface area contributed by atoms with Gasteiger partial charge in [0.25, 0.3) is 5.91 Å². The van der Waals surface area contributed by atoms with E-state index in [1.165, 1.54) is 6.33 Å². The van der Waals surface area contributed by atoms with E-state index < -0.39 is 0 Å². The van der Waals surface area contributed by atoms with Crippen molar-refractivity contribution >= 4 is 22.5 Å². The van der Waals surface area contributed by atoms with Crippen molar-refractivity contribution in [3.05, 3.63) is 66.4 Å². The lowest BCUT2D eigenvalue weighted by atomic mass is 10.2. The van der Waals surface area contributed by atoms with Crippen molar-refractivity contribution in [1.82, 2.24) is 19.3 Å². The first kappa shape index (κ1) is 18.5. The van der Waals surface area contributed by atoms with E-state index in [0.717, 1.165) is 22.2 Å². The molecule has 2 heterocycles. The molecule has 2 aromatic carbocycles. The molecule has 2 aromatic heterocycles. The number of anilines is 1. The standard InChI is InChI=1S/C21H21N5O3/c1-25-17-10-20(29-3)19(28-2)9-15(17)8-18(25)21(27)24-16-6-4-14(5-7-16)11-26-13-22-12-23-26/h4-10,12-13H,11H2,1-3H3,(H,24,27). The number of methoxy groups -OCH3 is 2. The highest BCUT2D eigenvalue weighted by Crippen LogP contribution is 2.33. The molecule has 0 unspecified atom stereocenters. The van der Waals surface area contributed by atoms with Crippen LogP contribution >= 0.6 is 0 Å². The van der Waals surface area contributed by atoms with Crippen LogP contribution in [0, 0.1) is 0 Å². The Morgan fingerprint density at radius 3 is 2.45 bits per heavy atom. The van der Waals surface area contributed by atoms with Gasteiger partial charge in [-0.15, -0.1) is 0 Å². The number of aromatic nitrogens is 4. The summed E-state index contributed by atoms with van der Waals surface area (Å²) in [7, 11) is 5.03. The lowest BCUT2D eigenvalue weighted by molar-refractivity contribution is 0.101. The van der Waals surface area contributed by atoms with Crippen LogP contribution in [0.2, 0.25) is 0 Å². The number of carbonyl (C=O) groups excluding carboxylic acids is 1. The van der Waals surface area contributed by atoms with Crippen molar-refractivity contribution in [3.63, 3.8) is 0 Å². The van der Waals surface area contributed by atoms with Gasteiger partial charge in [-0.25, -0.2) is 9.67 Å². The van der Waals surface area contributed by atoms with Crippen molar-refractivity contribution in [1.29, 1.82) is 0 Å². The Kier molecular flexibility index (Phi) is 4.90. The maximum absolute atomic E-state index is 12.8. The number of fused-ring (bicyclic) bond motifs is 1. The predicted octanol–water partition coefficient (Wildman–Crippen LogP) is 3.09. The van der Waals surface area contributed by atoms with Gasteiger partial charge in [0.1, 0.15) is 18.3 Å². The Hall–Kier alpha value is -3.81. The van der Waals surface area contributed by atoms with Crippen molar-refractivity contribution in [3.8, 4) is 11.5 Å². The topological polar surface area (TPSA) is 83.2 Å². The molecule has 4 aromatic rings. The fraction of sp³-hybridized carbons (Fsp3) is 0.190. The zero-order chi connectivity index (χ0) is 20.4. The molecule has 8 nitrogen and oxygen atoms in total. The van der Waals surface area contributed by atoms with Crippen LogP contribution in [0.3, 0.4) is 0 Å². The Morgan fingerprint density at radius 1 is 1.07 bits per heavy atom. The minimum Gasteiger partial charge on any atom is -0.493 e. The monoisotopic (exact) mass is 391 g/mol. The van der Waals surface area contributed by atoms with Crippen molar-refractivity contribution < 1.29 is 14.3 Å². The van der Waals surface area contributed by atoms with Gasteiger partial charge in [-0.05, 0) is 29.8 Å². The molecule has 0 aliphatic rings. The number of rotatable bonds is 6. The Bertz CT molecular complexity index is 1150. The number of benzene rings is 2. The van der Waals surface area contributed by atoms with E-state index >= 15 is 0 Å². The molecule has 0 radical (unpaired) electrons. The first-order chi connectivity index (χ1) is 14.1. The average Bonchev–Trinajstić information content (AvgIpc) is 3.36. The van der Waals surface area contributed by atoms with E-state index in [0.29, 0.717) is 23.7 Å². The third-order valence-corrected chi connectivity index (χ3v) is 4.80. The molecular weight excluding hydrogens is 370 g/mol.